The molecule has 6 heteroatoms. The quantitative estimate of drug-likeness (QED) is 0.583. The van der Waals surface area contributed by atoms with Gasteiger partial charge >= 0.3 is 5.97 Å². The van der Waals surface area contributed by atoms with E-state index in [0.717, 1.165) is 0 Å². The molecule has 0 aliphatic heterocycles. The Balaban J connectivity index is 3.58. The van der Waals surface area contributed by atoms with Crippen LogP contribution in [-0.2, 0) is 14.4 Å². The highest BCUT2D eigenvalue weighted by atomic mass is 16.4. The Morgan fingerprint density at radius 3 is 2.40 bits per heavy atom. The minimum absolute atomic E-state index is 0.00239. The molecule has 0 radical (unpaired) electrons. The highest BCUT2D eigenvalue weighted by molar-refractivity contribution is 5.83. The second kappa shape index (κ2) is 6.80. The summed E-state index contributed by atoms with van der Waals surface area (Å²) in [5.74, 6) is -1.35. The number of likely N-dealkylation sites (N-methyl/N-ethyl adjacent to an activating group) is 1. The number of hydrogen-bond acceptors (Lipinski definition) is 3. The zero-order valence-corrected chi connectivity index (χ0v) is 8.95. The number of rotatable bonds is 6. The van der Waals surface area contributed by atoms with Gasteiger partial charge in [0, 0.05) is 26.9 Å². The van der Waals surface area contributed by atoms with Crippen LogP contribution < -0.4 is 5.32 Å². The molecule has 0 bridgehead atoms. The van der Waals surface area contributed by atoms with Crippen LogP contribution in [0.1, 0.15) is 19.8 Å². The molecule has 0 aliphatic rings. The minimum Gasteiger partial charge on any atom is -0.481 e. The molecular weight excluding hydrogens is 200 g/mol. The van der Waals surface area contributed by atoms with E-state index in [4.69, 9.17) is 5.11 Å². The predicted octanol–water partition coefficient (Wildman–Crippen LogP) is -0.554. The van der Waals surface area contributed by atoms with Crippen LogP contribution in [0.3, 0.4) is 0 Å². The van der Waals surface area contributed by atoms with Gasteiger partial charge in [-0.3, -0.25) is 14.4 Å². The molecular formula is C9H16N2O4. The maximum atomic E-state index is 11.2. The Bertz CT molecular complexity index is 252. The average Bonchev–Trinajstić information content (AvgIpc) is 2.12. The summed E-state index contributed by atoms with van der Waals surface area (Å²) >= 11 is 0. The van der Waals surface area contributed by atoms with E-state index < -0.39 is 5.97 Å². The van der Waals surface area contributed by atoms with Crippen molar-refractivity contribution >= 4 is 17.8 Å². The standard InChI is InChI=1S/C9H16N2O4/c1-7(12)11(2)6-8(13)10-5-3-4-9(14)15/h3-6H2,1-2H3,(H,10,13)(H,14,15). The van der Waals surface area contributed by atoms with Gasteiger partial charge < -0.3 is 15.3 Å². The van der Waals surface area contributed by atoms with Gasteiger partial charge in [0.05, 0.1) is 6.54 Å². The maximum absolute atomic E-state index is 11.2. The van der Waals surface area contributed by atoms with Crippen LogP contribution in [0.5, 0.6) is 0 Å². The van der Waals surface area contributed by atoms with Gasteiger partial charge in [-0.1, -0.05) is 0 Å². The van der Waals surface area contributed by atoms with E-state index in [9.17, 15) is 14.4 Å². The Labute approximate surface area is 88.2 Å². The molecule has 0 unspecified atom stereocenters. The first-order valence-electron chi connectivity index (χ1n) is 4.63. The van der Waals surface area contributed by atoms with Gasteiger partial charge in [0.25, 0.3) is 0 Å². The second-order valence-electron chi connectivity index (χ2n) is 3.22. The molecule has 0 aromatic rings. The van der Waals surface area contributed by atoms with Crippen molar-refractivity contribution < 1.29 is 19.5 Å². The van der Waals surface area contributed by atoms with Gasteiger partial charge in [0.1, 0.15) is 0 Å². The van der Waals surface area contributed by atoms with Gasteiger partial charge in [0.2, 0.25) is 11.8 Å². The molecule has 0 fully saturated rings. The molecule has 0 saturated heterocycles. The molecule has 6 nitrogen and oxygen atoms in total. The van der Waals surface area contributed by atoms with Crippen LogP contribution in [0.25, 0.3) is 0 Å². The number of amides is 2. The van der Waals surface area contributed by atoms with Crippen molar-refractivity contribution in [3.05, 3.63) is 0 Å². The highest BCUT2D eigenvalue weighted by Crippen LogP contribution is 1.87. The summed E-state index contributed by atoms with van der Waals surface area (Å²) in [4.78, 5) is 33.3. The summed E-state index contributed by atoms with van der Waals surface area (Å²) in [5.41, 5.74) is 0. The van der Waals surface area contributed by atoms with Gasteiger partial charge in [0.15, 0.2) is 0 Å². The number of carbonyl (C=O) groups excluding carboxylic acids is 2. The zero-order chi connectivity index (χ0) is 11.8. The number of aliphatic carboxylic acids is 1. The smallest absolute Gasteiger partial charge is 0.303 e. The van der Waals surface area contributed by atoms with Crippen LogP contribution in [0, 0.1) is 0 Å². The van der Waals surface area contributed by atoms with Crippen molar-refractivity contribution in [1.29, 1.82) is 0 Å². The predicted molar refractivity (Wildman–Crippen MR) is 53.2 cm³/mol. The first-order chi connectivity index (χ1) is 6.93. The van der Waals surface area contributed by atoms with Crippen LogP contribution in [0.4, 0.5) is 0 Å². The van der Waals surface area contributed by atoms with E-state index in [2.05, 4.69) is 5.32 Å². The van der Waals surface area contributed by atoms with Crippen molar-refractivity contribution in [2.24, 2.45) is 0 Å². The molecule has 2 amide bonds. The lowest BCUT2D eigenvalue weighted by molar-refractivity contribution is -0.137. The molecule has 0 aliphatic carbocycles. The Morgan fingerprint density at radius 1 is 1.33 bits per heavy atom. The van der Waals surface area contributed by atoms with E-state index in [1.54, 1.807) is 0 Å². The van der Waals surface area contributed by atoms with Crippen LogP contribution in [0.2, 0.25) is 0 Å². The van der Waals surface area contributed by atoms with E-state index in [-0.39, 0.29) is 24.8 Å². The molecule has 0 rings (SSSR count). The number of carboxylic acid groups (broad SMARTS) is 1. The molecule has 0 heterocycles. The third-order valence-electron chi connectivity index (χ3n) is 1.81. The lowest BCUT2D eigenvalue weighted by Crippen LogP contribution is -2.37. The van der Waals surface area contributed by atoms with Gasteiger partial charge in [-0.25, -0.2) is 0 Å². The fourth-order valence-electron chi connectivity index (χ4n) is 0.850. The van der Waals surface area contributed by atoms with Crippen molar-refractivity contribution in [2.75, 3.05) is 20.1 Å². The first-order valence-corrected chi connectivity index (χ1v) is 4.63. The lowest BCUT2D eigenvalue weighted by Gasteiger charge is -2.13. The zero-order valence-electron chi connectivity index (χ0n) is 8.95. The van der Waals surface area contributed by atoms with E-state index >= 15 is 0 Å². The SMILES string of the molecule is CC(=O)N(C)CC(=O)NCCCC(=O)O. The van der Waals surface area contributed by atoms with Gasteiger partial charge in [-0.15, -0.1) is 0 Å². The van der Waals surface area contributed by atoms with E-state index in [1.165, 1.54) is 18.9 Å². The Morgan fingerprint density at radius 2 is 1.93 bits per heavy atom. The molecule has 0 aromatic carbocycles. The summed E-state index contributed by atoms with van der Waals surface area (Å²) in [7, 11) is 1.53. The van der Waals surface area contributed by atoms with Gasteiger partial charge in [-0.2, -0.15) is 0 Å². The summed E-state index contributed by atoms with van der Waals surface area (Å²) < 4.78 is 0. The fraction of sp³-hybridized carbons (Fsp3) is 0.667. The van der Waals surface area contributed by atoms with Crippen molar-refractivity contribution in [1.82, 2.24) is 10.2 Å². The summed E-state index contributed by atoms with van der Waals surface area (Å²) in [6.45, 7) is 1.69. The number of hydrogen-bond donors (Lipinski definition) is 2. The summed E-state index contributed by atoms with van der Waals surface area (Å²) in [6, 6.07) is 0. The van der Waals surface area contributed by atoms with E-state index in [0.29, 0.717) is 13.0 Å². The first kappa shape index (κ1) is 13.4. The van der Waals surface area contributed by atoms with Crippen molar-refractivity contribution in [2.45, 2.75) is 19.8 Å². The molecule has 0 saturated carbocycles. The maximum Gasteiger partial charge on any atom is 0.303 e. The number of nitrogens with one attached hydrogen (secondary N) is 1. The van der Waals surface area contributed by atoms with Crippen molar-refractivity contribution in [3.8, 4) is 0 Å². The van der Waals surface area contributed by atoms with Crippen LogP contribution >= 0.6 is 0 Å². The van der Waals surface area contributed by atoms with E-state index in [1.807, 2.05) is 0 Å². The number of carboxylic acids is 1. The van der Waals surface area contributed by atoms with Gasteiger partial charge in [-0.05, 0) is 6.42 Å². The normalized spacial score (nSPS) is 9.47. The Kier molecular flexibility index (Phi) is 6.08. The number of carbonyl (C=O) groups is 3. The van der Waals surface area contributed by atoms with Crippen molar-refractivity contribution in [3.63, 3.8) is 0 Å². The molecule has 0 aromatic heterocycles. The van der Waals surface area contributed by atoms with Crippen LogP contribution in [0.15, 0.2) is 0 Å². The largest absolute Gasteiger partial charge is 0.481 e. The summed E-state index contributed by atoms with van der Waals surface area (Å²) in [5, 5.41) is 10.9. The molecule has 15 heavy (non-hydrogen) atoms. The fourth-order valence-corrected chi connectivity index (χ4v) is 0.850. The summed E-state index contributed by atoms with van der Waals surface area (Å²) in [6.07, 6.45) is 0.424. The third-order valence-corrected chi connectivity index (χ3v) is 1.81. The molecule has 2 N–H and O–H groups in total. The minimum atomic E-state index is -0.884. The monoisotopic (exact) mass is 216 g/mol. The average molecular weight is 216 g/mol. The molecule has 0 spiro atoms. The molecule has 0 atom stereocenters. The lowest BCUT2D eigenvalue weighted by atomic mass is 10.3. The Hall–Kier alpha value is -1.59. The third kappa shape index (κ3) is 7.48. The topological polar surface area (TPSA) is 86.7 Å². The molecule has 86 valence electrons. The number of nitrogens with zero attached hydrogens (tertiary/aromatic N) is 1. The van der Waals surface area contributed by atoms with Crippen LogP contribution in [-0.4, -0.2) is 47.9 Å². The second-order valence-corrected chi connectivity index (χ2v) is 3.22. The highest BCUT2D eigenvalue weighted by Gasteiger charge is 2.07.